The van der Waals surface area contributed by atoms with Crippen LogP contribution in [0.2, 0.25) is 10.2 Å². The van der Waals surface area contributed by atoms with E-state index in [1.54, 1.807) is 24.3 Å². The Balaban J connectivity index is 2.57. The van der Waals surface area contributed by atoms with E-state index in [9.17, 15) is 4.79 Å². The number of halogens is 2. The number of aromatic nitrogens is 2. The molecule has 1 N–H and O–H groups in total. The van der Waals surface area contributed by atoms with Gasteiger partial charge >= 0.3 is 0 Å². The molecule has 0 spiro atoms. The van der Waals surface area contributed by atoms with Gasteiger partial charge in [-0.1, -0.05) is 23.2 Å². The van der Waals surface area contributed by atoms with E-state index in [2.05, 4.69) is 9.97 Å². The molecular weight excluding hydrogens is 303 g/mol. The molecule has 0 aliphatic carbocycles. The fourth-order valence-electron chi connectivity index (χ4n) is 2.05. The molecule has 0 amide bonds. The summed E-state index contributed by atoms with van der Waals surface area (Å²) in [6, 6.07) is 6.75. The first-order valence-corrected chi connectivity index (χ1v) is 7.44. The molecule has 3 rings (SSSR count). The van der Waals surface area contributed by atoms with Crippen molar-refractivity contribution in [3.05, 3.63) is 44.7 Å². The lowest BCUT2D eigenvalue weighted by atomic mass is 10.1. The summed E-state index contributed by atoms with van der Waals surface area (Å²) in [4.78, 5) is 20.6. The lowest BCUT2D eigenvalue weighted by Gasteiger charge is -2.07. The van der Waals surface area contributed by atoms with Gasteiger partial charge in [-0.15, -0.1) is 11.8 Å². The number of nitrogens with one attached hydrogen (secondary N) is 1. The van der Waals surface area contributed by atoms with Gasteiger partial charge in [0.1, 0.15) is 10.8 Å². The van der Waals surface area contributed by atoms with Gasteiger partial charge in [0, 0.05) is 10.3 Å². The smallest absolute Gasteiger partial charge is 0.198 e. The van der Waals surface area contributed by atoms with Crippen molar-refractivity contribution in [1.82, 2.24) is 9.97 Å². The normalized spacial score (nSPS) is 11.3. The molecule has 2 heterocycles. The van der Waals surface area contributed by atoms with Crippen molar-refractivity contribution in [2.75, 3.05) is 6.26 Å². The summed E-state index contributed by atoms with van der Waals surface area (Å²) in [6.45, 7) is 0. The zero-order chi connectivity index (χ0) is 13.6. The van der Waals surface area contributed by atoms with Gasteiger partial charge in [-0.05, 0) is 30.5 Å². The Labute approximate surface area is 122 Å². The van der Waals surface area contributed by atoms with Crippen molar-refractivity contribution >= 4 is 56.9 Å². The molecule has 3 aromatic rings. The predicted octanol–water partition coefficient (Wildman–Crippen LogP) is 4.11. The van der Waals surface area contributed by atoms with E-state index in [0.717, 1.165) is 4.90 Å². The molecule has 2 aromatic heterocycles. The second-order valence-electron chi connectivity index (χ2n) is 3.99. The minimum absolute atomic E-state index is 0.0696. The standard InChI is InChI=1S/C13H8Cl2N2OS/c1-19-12-8(14)4-2-6-10(12)17-13-7(11(6)18)3-5-9(15)16-13/h2-5H,1H3,(H,16,17,18). The Morgan fingerprint density at radius 1 is 1.16 bits per heavy atom. The Hall–Kier alpha value is -1.23. The summed E-state index contributed by atoms with van der Waals surface area (Å²) >= 11 is 13.5. The molecule has 0 saturated carbocycles. The number of aromatic amines is 1. The number of nitrogens with zero attached hydrogens (tertiary/aromatic N) is 1. The first kappa shape index (κ1) is 12.8. The van der Waals surface area contributed by atoms with Gasteiger partial charge in [0.15, 0.2) is 5.43 Å². The average Bonchev–Trinajstić information content (AvgIpc) is 2.38. The van der Waals surface area contributed by atoms with E-state index >= 15 is 0 Å². The first-order chi connectivity index (χ1) is 9.11. The van der Waals surface area contributed by atoms with E-state index in [0.29, 0.717) is 32.1 Å². The molecule has 0 saturated heterocycles. The lowest BCUT2D eigenvalue weighted by molar-refractivity contribution is 1.30. The van der Waals surface area contributed by atoms with Crippen LogP contribution in [0.1, 0.15) is 0 Å². The molecule has 0 bridgehead atoms. The molecular formula is C13H8Cl2N2OS. The minimum Gasteiger partial charge on any atom is -0.338 e. The number of hydrogen-bond donors (Lipinski definition) is 1. The van der Waals surface area contributed by atoms with E-state index in [1.165, 1.54) is 11.8 Å². The van der Waals surface area contributed by atoms with Crippen molar-refractivity contribution in [2.24, 2.45) is 0 Å². The summed E-state index contributed by atoms with van der Waals surface area (Å²) in [5.41, 5.74) is 1.11. The number of rotatable bonds is 1. The number of fused-ring (bicyclic) bond motifs is 2. The van der Waals surface area contributed by atoms with Gasteiger partial charge in [0.25, 0.3) is 0 Å². The van der Waals surface area contributed by atoms with Crippen LogP contribution in [0.4, 0.5) is 0 Å². The van der Waals surface area contributed by atoms with Gasteiger partial charge in [0.05, 0.1) is 15.9 Å². The topological polar surface area (TPSA) is 45.8 Å². The quantitative estimate of drug-likeness (QED) is 0.418. The summed E-state index contributed by atoms with van der Waals surface area (Å²) < 4.78 is 0. The number of hydrogen-bond acceptors (Lipinski definition) is 3. The third-order valence-electron chi connectivity index (χ3n) is 2.91. The van der Waals surface area contributed by atoms with Crippen LogP contribution in [-0.2, 0) is 0 Å². The van der Waals surface area contributed by atoms with Crippen LogP contribution in [0, 0.1) is 0 Å². The largest absolute Gasteiger partial charge is 0.338 e. The van der Waals surface area contributed by atoms with Gasteiger partial charge in [-0.3, -0.25) is 4.79 Å². The molecule has 19 heavy (non-hydrogen) atoms. The average molecular weight is 311 g/mol. The van der Waals surface area contributed by atoms with Crippen LogP contribution in [0.5, 0.6) is 0 Å². The van der Waals surface area contributed by atoms with Gasteiger partial charge < -0.3 is 4.98 Å². The van der Waals surface area contributed by atoms with Crippen LogP contribution < -0.4 is 5.43 Å². The molecule has 6 heteroatoms. The van der Waals surface area contributed by atoms with Crippen molar-refractivity contribution in [1.29, 1.82) is 0 Å². The highest BCUT2D eigenvalue weighted by Crippen LogP contribution is 2.31. The van der Waals surface area contributed by atoms with Gasteiger partial charge in [-0.25, -0.2) is 4.98 Å². The third kappa shape index (κ3) is 2.00. The highest BCUT2D eigenvalue weighted by molar-refractivity contribution is 7.99. The first-order valence-electron chi connectivity index (χ1n) is 5.46. The monoisotopic (exact) mass is 310 g/mol. The van der Waals surface area contributed by atoms with Crippen LogP contribution >= 0.6 is 35.0 Å². The van der Waals surface area contributed by atoms with Crippen molar-refractivity contribution in [2.45, 2.75) is 4.90 Å². The zero-order valence-corrected chi connectivity index (χ0v) is 12.2. The highest BCUT2D eigenvalue weighted by atomic mass is 35.5. The Morgan fingerprint density at radius 3 is 2.63 bits per heavy atom. The highest BCUT2D eigenvalue weighted by Gasteiger charge is 2.12. The molecule has 3 nitrogen and oxygen atoms in total. The second-order valence-corrected chi connectivity index (χ2v) is 5.60. The van der Waals surface area contributed by atoms with Crippen molar-refractivity contribution in [3.8, 4) is 0 Å². The number of thioether (sulfide) groups is 1. The second kappa shape index (κ2) is 4.71. The number of pyridine rings is 2. The van der Waals surface area contributed by atoms with Crippen LogP contribution in [-0.4, -0.2) is 16.2 Å². The fourth-order valence-corrected chi connectivity index (χ4v) is 3.21. The van der Waals surface area contributed by atoms with E-state index < -0.39 is 0 Å². The van der Waals surface area contributed by atoms with E-state index in [4.69, 9.17) is 23.2 Å². The van der Waals surface area contributed by atoms with Crippen molar-refractivity contribution in [3.63, 3.8) is 0 Å². The Morgan fingerprint density at radius 2 is 1.89 bits per heavy atom. The third-order valence-corrected chi connectivity index (χ3v) is 4.38. The molecule has 1 aromatic carbocycles. The lowest BCUT2D eigenvalue weighted by Crippen LogP contribution is -2.06. The summed E-state index contributed by atoms with van der Waals surface area (Å²) in [6.07, 6.45) is 1.91. The molecule has 0 unspecified atom stereocenters. The van der Waals surface area contributed by atoms with Crippen molar-refractivity contribution < 1.29 is 0 Å². The molecule has 0 aliphatic heterocycles. The van der Waals surface area contributed by atoms with Crippen LogP contribution in [0.3, 0.4) is 0 Å². The summed E-state index contributed by atoms with van der Waals surface area (Å²) in [7, 11) is 0. The molecule has 0 radical (unpaired) electrons. The minimum atomic E-state index is -0.0696. The fraction of sp³-hybridized carbons (Fsp3) is 0.0769. The number of H-pyrrole nitrogens is 1. The summed E-state index contributed by atoms with van der Waals surface area (Å²) in [5, 5.41) is 2.07. The van der Waals surface area contributed by atoms with E-state index in [1.807, 2.05) is 6.26 Å². The van der Waals surface area contributed by atoms with Gasteiger partial charge in [0.2, 0.25) is 0 Å². The Bertz CT molecular complexity index is 860. The van der Waals surface area contributed by atoms with E-state index in [-0.39, 0.29) is 5.43 Å². The number of benzene rings is 1. The maximum absolute atomic E-state index is 12.4. The van der Waals surface area contributed by atoms with Crippen LogP contribution in [0.15, 0.2) is 34.0 Å². The SMILES string of the molecule is CSc1c(Cl)ccc2c(=O)c3ccc(Cl)nc3[nH]c12. The molecule has 96 valence electrons. The van der Waals surface area contributed by atoms with Crippen LogP contribution in [0.25, 0.3) is 21.9 Å². The molecule has 0 fully saturated rings. The Kier molecular flexibility index (Phi) is 3.17. The predicted molar refractivity (Wildman–Crippen MR) is 81.7 cm³/mol. The molecule has 0 atom stereocenters. The van der Waals surface area contributed by atoms with Gasteiger partial charge in [-0.2, -0.15) is 0 Å². The maximum atomic E-state index is 12.4. The molecule has 0 aliphatic rings. The summed E-state index contributed by atoms with van der Waals surface area (Å²) in [5.74, 6) is 0. The maximum Gasteiger partial charge on any atom is 0.198 e. The zero-order valence-electron chi connectivity index (χ0n) is 9.83.